The second kappa shape index (κ2) is 6.70. The quantitative estimate of drug-likeness (QED) is 0.828. The van der Waals surface area contributed by atoms with Gasteiger partial charge in [0.25, 0.3) is 0 Å². The first-order valence-electron chi connectivity index (χ1n) is 7.14. The molecular weight excluding hydrogens is 321 g/mol. The molecule has 0 aliphatic heterocycles. The van der Waals surface area contributed by atoms with Crippen LogP contribution in [0.1, 0.15) is 38.2 Å². The van der Waals surface area contributed by atoms with Crippen LogP contribution in [0.25, 0.3) is 0 Å². The molecule has 2 atom stereocenters. The molecule has 2 nitrogen and oxygen atoms in total. The van der Waals surface area contributed by atoms with Crippen LogP contribution in [0.15, 0.2) is 24.3 Å². The van der Waals surface area contributed by atoms with Crippen molar-refractivity contribution in [2.45, 2.75) is 44.6 Å². The zero-order valence-corrected chi connectivity index (χ0v) is 13.4. The Balaban J connectivity index is 1.97. The van der Waals surface area contributed by atoms with E-state index in [9.17, 15) is 9.18 Å². The Bertz CT molecular complexity index is 462. The van der Waals surface area contributed by atoms with Gasteiger partial charge in [0, 0.05) is 10.9 Å². The summed E-state index contributed by atoms with van der Waals surface area (Å²) >= 11 is 3.55. The number of carbonyl (C=O) groups is 1. The summed E-state index contributed by atoms with van der Waals surface area (Å²) < 4.78 is 12.8. The van der Waals surface area contributed by atoms with E-state index in [0.29, 0.717) is 12.3 Å². The molecule has 2 unspecified atom stereocenters. The number of carbonyl (C=O) groups excluding carboxylic acids is 1. The summed E-state index contributed by atoms with van der Waals surface area (Å²) in [6, 6.07) is 6.12. The first kappa shape index (κ1) is 15.5. The predicted molar refractivity (Wildman–Crippen MR) is 82.4 cm³/mol. The van der Waals surface area contributed by atoms with Crippen LogP contribution in [0.5, 0.6) is 0 Å². The Morgan fingerprint density at radius 3 is 2.75 bits per heavy atom. The van der Waals surface area contributed by atoms with Crippen LogP contribution in [0, 0.1) is 11.7 Å². The van der Waals surface area contributed by atoms with Crippen molar-refractivity contribution in [1.29, 1.82) is 0 Å². The first-order chi connectivity index (χ1) is 9.53. The number of nitrogens with one attached hydrogen (secondary N) is 1. The van der Waals surface area contributed by atoms with Crippen LogP contribution in [-0.4, -0.2) is 16.8 Å². The molecule has 0 radical (unpaired) electrons. The van der Waals surface area contributed by atoms with Crippen molar-refractivity contribution in [1.82, 2.24) is 5.32 Å². The molecule has 110 valence electrons. The number of halogens is 2. The molecule has 1 aromatic rings. The molecule has 1 amide bonds. The molecule has 20 heavy (non-hydrogen) atoms. The summed E-state index contributed by atoms with van der Waals surface area (Å²) in [4.78, 5) is 12.2. The molecule has 1 fully saturated rings. The average Bonchev–Trinajstić information content (AvgIpc) is 2.41. The van der Waals surface area contributed by atoms with Crippen LogP contribution in [-0.2, 0) is 11.2 Å². The van der Waals surface area contributed by atoms with Crippen molar-refractivity contribution >= 4 is 21.8 Å². The fourth-order valence-corrected chi connectivity index (χ4v) is 3.71. The molecule has 0 spiro atoms. The van der Waals surface area contributed by atoms with Gasteiger partial charge in [0.15, 0.2) is 0 Å². The summed E-state index contributed by atoms with van der Waals surface area (Å²) in [6.07, 6.45) is 4.75. The largest absolute Gasteiger partial charge is 0.350 e. The second-order valence-corrected chi connectivity index (χ2v) is 6.53. The highest BCUT2D eigenvalue weighted by Crippen LogP contribution is 2.33. The van der Waals surface area contributed by atoms with Crippen molar-refractivity contribution in [2.75, 3.05) is 5.33 Å². The van der Waals surface area contributed by atoms with Gasteiger partial charge in [0.1, 0.15) is 5.82 Å². The Morgan fingerprint density at radius 1 is 1.45 bits per heavy atom. The molecule has 1 saturated carbocycles. The molecule has 0 saturated heterocycles. The van der Waals surface area contributed by atoms with E-state index >= 15 is 0 Å². The minimum absolute atomic E-state index is 0.0187. The summed E-state index contributed by atoms with van der Waals surface area (Å²) in [5, 5.41) is 3.99. The highest BCUT2D eigenvalue weighted by Gasteiger charge is 2.35. The molecular formula is C16H21BrFNO. The van der Waals surface area contributed by atoms with E-state index in [-0.39, 0.29) is 17.3 Å². The zero-order chi connectivity index (χ0) is 14.6. The predicted octanol–water partition coefficient (Wildman–Crippen LogP) is 3.83. The van der Waals surface area contributed by atoms with Crippen molar-refractivity contribution < 1.29 is 9.18 Å². The standard InChI is InChI=1S/C16H21BrFNO/c1-12-3-2-8-16(10-12,11-17)19-15(20)9-13-4-6-14(18)7-5-13/h4-7,12H,2-3,8-11H2,1H3,(H,19,20). The van der Waals surface area contributed by atoms with Gasteiger partial charge in [-0.2, -0.15) is 0 Å². The number of benzene rings is 1. The molecule has 2 rings (SSSR count). The van der Waals surface area contributed by atoms with E-state index in [2.05, 4.69) is 28.2 Å². The summed E-state index contributed by atoms with van der Waals surface area (Å²) in [7, 11) is 0. The number of rotatable bonds is 4. The zero-order valence-electron chi connectivity index (χ0n) is 11.8. The molecule has 0 bridgehead atoms. The smallest absolute Gasteiger partial charge is 0.224 e. The van der Waals surface area contributed by atoms with Gasteiger partial charge in [-0.3, -0.25) is 4.79 Å². The highest BCUT2D eigenvalue weighted by atomic mass is 79.9. The van der Waals surface area contributed by atoms with Gasteiger partial charge in [0.2, 0.25) is 5.91 Å². The summed E-state index contributed by atoms with van der Waals surface area (Å²) in [5.74, 6) is 0.393. The fraction of sp³-hybridized carbons (Fsp3) is 0.562. The van der Waals surface area contributed by atoms with Crippen molar-refractivity contribution in [3.8, 4) is 0 Å². The van der Waals surface area contributed by atoms with Gasteiger partial charge >= 0.3 is 0 Å². The van der Waals surface area contributed by atoms with Gasteiger partial charge in [-0.15, -0.1) is 0 Å². The maximum atomic E-state index is 12.8. The van der Waals surface area contributed by atoms with Crippen LogP contribution in [0.4, 0.5) is 4.39 Å². The lowest BCUT2D eigenvalue weighted by atomic mass is 9.77. The van der Waals surface area contributed by atoms with Gasteiger partial charge in [-0.25, -0.2) is 4.39 Å². The number of hydrogen-bond donors (Lipinski definition) is 1. The molecule has 1 aliphatic rings. The maximum absolute atomic E-state index is 12.8. The average molecular weight is 342 g/mol. The van der Waals surface area contributed by atoms with E-state index in [0.717, 1.165) is 30.2 Å². The van der Waals surface area contributed by atoms with Crippen LogP contribution >= 0.6 is 15.9 Å². The Labute approximate surface area is 128 Å². The fourth-order valence-electron chi connectivity index (χ4n) is 3.06. The van der Waals surface area contributed by atoms with E-state index < -0.39 is 0 Å². The van der Waals surface area contributed by atoms with Crippen LogP contribution < -0.4 is 5.32 Å². The number of alkyl halides is 1. The number of hydrogen-bond acceptors (Lipinski definition) is 1. The molecule has 0 heterocycles. The first-order valence-corrected chi connectivity index (χ1v) is 8.26. The van der Waals surface area contributed by atoms with Gasteiger partial charge in [0.05, 0.1) is 6.42 Å². The van der Waals surface area contributed by atoms with Crippen LogP contribution in [0.2, 0.25) is 0 Å². The van der Waals surface area contributed by atoms with Gasteiger partial charge < -0.3 is 5.32 Å². The molecule has 0 aromatic heterocycles. The molecule has 1 aromatic carbocycles. The van der Waals surface area contributed by atoms with E-state index in [1.807, 2.05) is 0 Å². The second-order valence-electron chi connectivity index (χ2n) is 5.97. The Morgan fingerprint density at radius 2 is 2.15 bits per heavy atom. The molecule has 4 heteroatoms. The number of amides is 1. The monoisotopic (exact) mass is 341 g/mol. The minimum atomic E-state index is -0.271. The highest BCUT2D eigenvalue weighted by molar-refractivity contribution is 9.09. The van der Waals surface area contributed by atoms with Gasteiger partial charge in [-0.05, 0) is 36.5 Å². The van der Waals surface area contributed by atoms with E-state index in [1.165, 1.54) is 18.6 Å². The third-order valence-corrected chi connectivity index (χ3v) is 5.10. The lowest BCUT2D eigenvalue weighted by molar-refractivity contribution is -0.122. The topological polar surface area (TPSA) is 29.1 Å². The van der Waals surface area contributed by atoms with Crippen molar-refractivity contribution in [2.24, 2.45) is 5.92 Å². The molecule has 1 N–H and O–H groups in total. The van der Waals surface area contributed by atoms with Crippen molar-refractivity contribution in [3.05, 3.63) is 35.6 Å². The van der Waals surface area contributed by atoms with E-state index in [4.69, 9.17) is 0 Å². The minimum Gasteiger partial charge on any atom is -0.350 e. The lowest BCUT2D eigenvalue weighted by Gasteiger charge is -2.39. The SMILES string of the molecule is CC1CCCC(CBr)(NC(=O)Cc2ccc(F)cc2)C1. The Kier molecular flexibility index (Phi) is 5.19. The normalized spacial score (nSPS) is 26.2. The third kappa shape index (κ3) is 4.05. The van der Waals surface area contributed by atoms with Crippen molar-refractivity contribution in [3.63, 3.8) is 0 Å². The summed E-state index contributed by atoms with van der Waals surface area (Å²) in [5.41, 5.74) is 0.729. The Hall–Kier alpha value is -0.900. The summed E-state index contributed by atoms with van der Waals surface area (Å²) in [6.45, 7) is 2.24. The lowest BCUT2D eigenvalue weighted by Crippen LogP contribution is -2.53. The third-order valence-electron chi connectivity index (χ3n) is 4.03. The van der Waals surface area contributed by atoms with Gasteiger partial charge in [-0.1, -0.05) is 47.8 Å². The van der Waals surface area contributed by atoms with E-state index in [1.54, 1.807) is 12.1 Å². The van der Waals surface area contributed by atoms with Crippen LogP contribution in [0.3, 0.4) is 0 Å². The maximum Gasteiger partial charge on any atom is 0.224 e. The molecule has 1 aliphatic carbocycles.